The molecular weight excluding hydrogens is 1070 g/mol. The van der Waals surface area contributed by atoms with Crippen molar-refractivity contribution in [3.8, 4) is 40.1 Å². The maximum Gasteiger partial charge on any atom is 0.328 e. The Bertz CT molecular complexity index is 4220. The van der Waals surface area contributed by atoms with Crippen molar-refractivity contribution in [1.29, 1.82) is 5.26 Å². The Labute approximate surface area is 500 Å². The number of benzene rings is 8. The molecule has 8 nitrogen and oxygen atoms in total. The molecular formula is C72H62B2N6O2S2. The van der Waals surface area contributed by atoms with Gasteiger partial charge in [0.25, 0.3) is 0 Å². The first kappa shape index (κ1) is 55.3. The molecule has 0 aliphatic rings. The average Bonchev–Trinajstić information content (AvgIpc) is 1.65. The van der Waals surface area contributed by atoms with E-state index < -0.39 is 13.7 Å². The number of aromatic nitrogens is 4. The van der Waals surface area contributed by atoms with E-state index >= 15 is 0 Å². The second-order valence-corrected chi connectivity index (χ2v) is 24.6. The quantitative estimate of drug-likeness (QED) is 0.0711. The summed E-state index contributed by atoms with van der Waals surface area (Å²) in [5.74, 6) is 2.11. The number of ether oxygens (including phenoxy) is 2. The number of rotatable bonds is 16. The van der Waals surface area contributed by atoms with Gasteiger partial charge in [0.1, 0.15) is 33.2 Å². The molecule has 0 N–H and O–H groups in total. The Morgan fingerprint density at radius 2 is 0.857 bits per heavy atom. The molecule has 0 spiro atoms. The van der Waals surface area contributed by atoms with Crippen molar-refractivity contribution in [2.75, 3.05) is 13.2 Å². The van der Waals surface area contributed by atoms with Gasteiger partial charge in [-0.15, -0.1) is 22.7 Å². The van der Waals surface area contributed by atoms with Gasteiger partial charge in [-0.05, 0) is 145 Å². The molecule has 0 aliphatic heterocycles. The first-order chi connectivity index (χ1) is 40.9. The number of thiazole rings is 2. The fourth-order valence-corrected chi connectivity index (χ4v) is 13.6. The first-order valence-corrected chi connectivity index (χ1v) is 30.3. The molecule has 12 rings (SSSR count). The summed E-state index contributed by atoms with van der Waals surface area (Å²) in [7, 11) is 0. The molecule has 0 aliphatic carbocycles. The second kappa shape index (κ2) is 23.6. The summed E-state index contributed by atoms with van der Waals surface area (Å²) in [4.78, 5) is 15.5. The summed E-state index contributed by atoms with van der Waals surface area (Å²) in [6.07, 6.45) is 0. The Hall–Kier alpha value is -9.19. The van der Waals surface area contributed by atoms with Crippen molar-refractivity contribution in [3.05, 3.63) is 249 Å². The Morgan fingerprint density at radius 1 is 0.500 bits per heavy atom. The van der Waals surface area contributed by atoms with Crippen LogP contribution < -0.4 is 42.0 Å². The van der Waals surface area contributed by atoms with Gasteiger partial charge in [-0.25, -0.2) is 14.8 Å². The van der Waals surface area contributed by atoms with Crippen molar-refractivity contribution >= 4 is 101 Å². The highest BCUT2D eigenvalue weighted by Crippen LogP contribution is 2.39. The van der Waals surface area contributed by atoms with Gasteiger partial charge in [0.15, 0.2) is 0 Å². The number of hydrogen-bond acceptors (Lipinski definition) is 7. The largest absolute Gasteiger partial charge is 0.493 e. The average molecular weight is 1130 g/mol. The maximum atomic E-state index is 12.5. The van der Waals surface area contributed by atoms with Crippen LogP contribution in [-0.2, 0) is 0 Å². The van der Waals surface area contributed by atoms with Crippen LogP contribution in [0.3, 0.4) is 0 Å². The van der Waals surface area contributed by atoms with E-state index in [2.05, 4.69) is 228 Å². The fraction of sp³-hybridized carbons (Fsp3) is 0.167. The molecule has 8 aromatic carbocycles. The summed E-state index contributed by atoms with van der Waals surface area (Å²) in [5, 5.41) is 16.6. The highest BCUT2D eigenvalue weighted by Gasteiger charge is 2.39. The number of nitriles is 1. The van der Waals surface area contributed by atoms with Crippen molar-refractivity contribution in [2.24, 2.45) is 11.8 Å². The van der Waals surface area contributed by atoms with Gasteiger partial charge >= 0.3 is 13.7 Å². The molecule has 0 saturated carbocycles. The molecule has 12 heteroatoms. The number of aryl methyl sites for hydroxylation is 4. The van der Waals surface area contributed by atoms with Crippen LogP contribution in [0.4, 0.5) is 0 Å². The summed E-state index contributed by atoms with van der Waals surface area (Å²) in [6, 6.07) is 70.4. The third-order valence-corrected chi connectivity index (χ3v) is 17.8. The van der Waals surface area contributed by atoms with Crippen LogP contribution in [0.15, 0.2) is 194 Å². The van der Waals surface area contributed by atoms with E-state index in [-0.39, 0.29) is 0 Å². The molecule has 84 heavy (non-hydrogen) atoms. The van der Waals surface area contributed by atoms with Gasteiger partial charge in [-0.3, -0.25) is 0 Å². The van der Waals surface area contributed by atoms with Gasteiger partial charge in [0.05, 0.1) is 45.6 Å². The molecule has 0 radical (unpaired) electrons. The summed E-state index contributed by atoms with van der Waals surface area (Å²) in [5.41, 5.74) is 14.4. The minimum absolute atomic E-state index is 0.312. The number of fused-ring (bicyclic) bond motifs is 3. The van der Waals surface area contributed by atoms with Crippen LogP contribution in [-0.4, -0.2) is 45.8 Å². The molecule has 0 fully saturated rings. The standard InChI is InChI=1S/C72H62B2N6O2S2/c1-45(2)43-81-53-38-34-51(35-39-53)67-64-65(70(66(76-9)72-78-61-31-19-21-33-63(61)84-72)80(67)74(58-28-16-12-24-49(58)7)59-29-17-13-25-50(59)8)68(52-36-40-54(41-37-52)82-44-46(3)4)79(69(64)55(42-75)71-77-60-30-18-20-32-62(60)83-71)73(56-26-14-10-22-47(56)5)57-27-15-11-23-48(57)6/h10-41,45-46H,43-44H2,1-8H3/b69-55-,70-66+. The van der Waals surface area contributed by atoms with Crippen molar-refractivity contribution < 1.29 is 9.47 Å². The zero-order chi connectivity index (χ0) is 58.2. The van der Waals surface area contributed by atoms with Gasteiger partial charge in [0, 0.05) is 27.5 Å². The minimum Gasteiger partial charge on any atom is -0.493 e. The lowest BCUT2D eigenvalue weighted by Crippen LogP contribution is -2.56. The van der Waals surface area contributed by atoms with Crippen molar-refractivity contribution in [3.63, 3.8) is 0 Å². The van der Waals surface area contributed by atoms with Crippen LogP contribution in [0, 0.1) is 57.4 Å². The molecule has 0 saturated heterocycles. The highest BCUT2D eigenvalue weighted by molar-refractivity contribution is 7.20. The molecule has 0 atom stereocenters. The van der Waals surface area contributed by atoms with Gasteiger partial charge in [-0.1, -0.05) is 171 Å². The Morgan fingerprint density at radius 3 is 1.24 bits per heavy atom. The lowest BCUT2D eigenvalue weighted by Gasteiger charge is -2.26. The summed E-state index contributed by atoms with van der Waals surface area (Å²) in [6.45, 7) is 27.1. The van der Waals surface area contributed by atoms with E-state index in [4.69, 9.17) is 24.3 Å². The van der Waals surface area contributed by atoms with Crippen LogP contribution >= 0.6 is 22.7 Å². The van der Waals surface area contributed by atoms with Crippen molar-refractivity contribution in [1.82, 2.24) is 18.9 Å². The third-order valence-electron chi connectivity index (χ3n) is 15.7. The van der Waals surface area contributed by atoms with E-state index in [9.17, 15) is 11.8 Å². The molecule has 0 bridgehead atoms. The van der Waals surface area contributed by atoms with E-state index in [1.54, 1.807) is 0 Å². The van der Waals surface area contributed by atoms with Crippen LogP contribution in [0.5, 0.6) is 11.5 Å². The zero-order valence-corrected chi connectivity index (χ0v) is 50.1. The zero-order valence-electron chi connectivity index (χ0n) is 48.5. The molecule has 12 aromatic rings. The Balaban J connectivity index is 1.44. The lowest BCUT2D eigenvalue weighted by molar-refractivity contribution is 0.271. The number of hydrogen-bond donors (Lipinski definition) is 0. The second-order valence-electron chi connectivity index (χ2n) is 22.5. The van der Waals surface area contributed by atoms with Gasteiger partial charge in [0.2, 0.25) is 5.70 Å². The summed E-state index contributed by atoms with van der Waals surface area (Å²) < 4.78 is 19.7. The van der Waals surface area contributed by atoms with E-state index in [1.165, 1.54) is 22.7 Å². The topological polar surface area (TPSA) is 82.2 Å². The molecule has 0 unspecified atom stereocenters. The van der Waals surface area contributed by atoms with Gasteiger partial charge in [-0.2, -0.15) is 5.26 Å². The minimum atomic E-state index is -0.525. The number of para-hydroxylation sites is 2. The molecule has 0 amide bonds. The van der Waals surface area contributed by atoms with E-state index in [0.717, 1.165) is 109 Å². The molecule has 4 aromatic heterocycles. The highest BCUT2D eigenvalue weighted by atomic mass is 32.1. The molecule has 410 valence electrons. The van der Waals surface area contributed by atoms with Gasteiger partial charge < -0.3 is 18.4 Å². The lowest BCUT2D eigenvalue weighted by atomic mass is 9.48. The number of nitrogens with zero attached hydrogens (tertiary/aromatic N) is 6. The SMILES string of the molecule is [C-]#[N+]/C(c1nc2ccccc2s1)=c1\c2c(-c3ccc(OCC(C)C)cc3)n(B(c3ccccc3C)c3ccccc3C)/c(=C(/C#N)c3nc4ccccc4s3)c2c(-c2ccc(OCC(C)C)cc2)n1B(c1ccccc1C)c1ccccc1C. The van der Waals surface area contributed by atoms with Crippen LogP contribution in [0.1, 0.15) is 60.0 Å². The van der Waals surface area contributed by atoms with Crippen LogP contribution in [0.25, 0.3) is 69.8 Å². The normalized spacial score (nSPS) is 12.2. The van der Waals surface area contributed by atoms with E-state index in [0.29, 0.717) is 57.0 Å². The first-order valence-electron chi connectivity index (χ1n) is 28.7. The Kier molecular flexibility index (Phi) is 15.5. The third kappa shape index (κ3) is 10.3. The van der Waals surface area contributed by atoms with E-state index in [1.807, 2.05) is 36.4 Å². The predicted octanol–water partition coefficient (Wildman–Crippen LogP) is 13.4. The fourth-order valence-electron chi connectivity index (χ4n) is 11.7. The van der Waals surface area contributed by atoms with Crippen LogP contribution in [0.2, 0.25) is 0 Å². The van der Waals surface area contributed by atoms with Crippen molar-refractivity contribution in [2.45, 2.75) is 55.4 Å². The smallest absolute Gasteiger partial charge is 0.328 e. The predicted molar refractivity (Wildman–Crippen MR) is 353 cm³/mol. The maximum absolute atomic E-state index is 12.5. The molecule has 4 heterocycles. The summed E-state index contributed by atoms with van der Waals surface area (Å²) >= 11 is 3.04. The monoisotopic (exact) mass is 1130 g/mol.